The first-order chi connectivity index (χ1) is 33.4. The molecule has 8 rings (SSSR count). The van der Waals surface area contributed by atoms with Crippen LogP contribution in [-0.2, 0) is 11.0 Å². The zero-order valence-corrected chi connectivity index (χ0v) is 43.0. The van der Waals surface area contributed by atoms with Gasteiger partial charge in [0, 0.05) is 24.3 Å². The summed E-state index contributed by atoms with van der Waals surface area (Å²) in [5.74, 6) is -6.77. The number of pyridine rings is 2. The second-order valence-corrected chi connectivity index (χ2v) is 13.4. The summed E-state index contributed by atoms with van der Waals surface area (Å²) in [4.78, 5) is 60.5. The van der Waals surface area contributed by atoms with Gasteiger partial charge in [0.2, 0.25) is 0 Å². The minimum Gasteiger partial charge on any atom is -0.619 e. The molecule has 0 aliphatic heterocycles. The van der Waals surface area contributed by atoms with Crippen LogP contribution in [0.25, 0.3) is 0 Å². The Morgan fingerprint density at radius 3 is 0.473 bits per heavy atom. The van der Waals surface area contributed by atoms with Crippen LogP contribution in [0.5, 0.6) is 0 Å². The third kappa shape index (κ3) is 36.4. The van der Waals surface area contributed by atoms with Crippen molar-refractivity contribution in [1.29, 1.82) is 0 Å². The zero-order valence-electron chi connectivity index (χ0n) is 39.3. The fourth-order valence-corrected chi connectivity index (χ4v) is 4.42. The van der Waals surface area contributed by atoms with E-state index in [9.17, 15) is 69.8 Å². The van der Waals surface area contributed by atoms with Crippen molar-refractivity contribution >= 4 is 35.8 Å². The summed E-state index contributed by atoms with van der Waals surface area (Å²) in [6, 6.07) is 55.5. The number of rotatable bonds is 6. The van der Waals surface area contributed by atoms with Crippen LogP contribution in [-0.4, -0.2) is 35.8 Å². The predicted molar refractivity (Wildman–Crippen MR) is 255 cm³/mol. The number of hydrogen-bond acceptors (Lipinski definition) is 14. The number of nitrogens with zero attached hydrogens (tertiary/aromatic N) is 2. The van der Waals surface area contributed by atoms with Gasteiger partial charge in [0.1, 0.15) is 0 Å². The molecule has 0 unspecified atom stereocenters. The monoisotopic (exact) mass is 1310 g/mol. The average molecular weight is 1320 g/mol. The van der Waals surface area contributed by atoms with Gasteiger partial charge in [-0.3, -0.25) is 0 Å². The molecule has 2 radical (unpaired) electrons. The molecule has 0 fully saturated rings. The molecule has 0 bridgehead atoms. The maximum atomic E-state index is 10.3. The van der Waals surface area contributed by atoms with Gasteiger partial charge in [0.25, 0.3) is 0 Å². The summed E-state index contributed by atoms with van der Waals surface area (Å²) >= 11 is 0. The van der Waals surface area contributed by atoms with Crippen LogP contribution in [0.1, 0.15) is 73.3 Å². The van der Waals surface area contributed by atoms with Crippen molar-refractivity contribution < 1.29 is 154 Å². The first kappa shape index (κ1) is 73.0. The van der Waals surface area contributed by atoms with E-state index < -0.39 is 35.8 Å². The van der Waals surface area contributed by atoms with Gasteiger partial charge in [-0.15, -0.1) is 0 Å². The van der Waals surface area contributed by atoms with Crippen LogP contribution in [0.3, 0.4) is 0 Å². The number of carboxylic acid groups (broad SMARTS) is 6. The summed E-state index contributed by atoms with van der Waals surface area (Å²) < 4.78 is 1.54. The number of carboxylic acids is 6. The number of aromatic carboxylic acids is 6. The second-order valence-electron chi connectivity index (χ2n) is 13.4. The number of aromatic nitrogens is 2. The summed E-state index contributed by atoms with van der Waals surface area (Å²) in [5.41, 5.74) is 3.54. The number of carbonyl (C=O) groups excluding carboxylic acids is 6. The normalized spacial score (nSPS) is 8.46. The fourth-order valence-electron chi connectivity index (χ4n) is 4.42. The first-order valence-corrected chi connectivity index (χ1v) is 20.3. The Balaban J connectivity index is -0.000000376. The van der Waals surface area contributed by atoms with E-state index in [0.29, 0.717) is 0 Å². The standard InChI is InChI=1S/6C7H6O2.2C6H7NO.2Er.2H2O/c6*8-7(9)6-4-2-1-3-5-6;2*1-6-2-4-7(8)5-3-6;;;;/h6*1-5H,(H,8,9);2*2-5H,1H3;;;2*1H2/q;;;;;;;;2*+3;;/p-4. The first-order valence-electron chi connectivity index (χ1n) is 20.3. The molecule has 8 aromatic rings. The van der Waals surface area contributed by atoms with Crippen molar-refractivity contribution in [2.45, 2.75) is 13.8 Å². The van der Waals surface area contributed by atoms with Crippen LogP contribution in [0.15, 0.2) is 231 Å². The molecule has 18 nitrogen and oxygen atoms in total. The van der Waals surface area contributed by atoms with Gasteiger partial charge >= 0.3 is 74.6 Å². The van der Waals surface area contributed by atoms with Crippen molar-refractivity contribution in [2.24, 2.45) is 0 Å². The molecular weight excluding hydrogens is 1270 g/mol. The summed E-state index contributed by atoms with van der Waals surface area (Å²) in [6.45, 7) is 3.89. The Bertz CT molecular complexity index is 2260. The van der Waals surface area contributed by atoms with Gasteiger partial charge in [-0.2, -0.15) is 9.46 Å². The number of aryl methyl sites for hydroxylation is 2. The van der Waals surface area contributed by atoms with E-state index in [0.717, 1.165) is 20.6 Å². The van der Waals surface area contributed by atoms with Crippen molar-refractivity contribution in [2.75, 3.05) is 0 Å². The average Bonchev–Trinajstić information content (AvgIpc) is 3.38. The molecule has 6 aromatic carbocycles. The second kappa shape index (κ2) is 44.2. The number of carbonyl (C=O) groups is 6. The van der Waals surface area contributed by atoms with Crippen LogP contribution >= 0.6 is 0 Å². The topological polar surface area (TPSA) is 361 Å². The molecule has 20 heteroatoms. The minimum absolute atomic E-state index is 0. The van der Waals surface area contributed by atoms with Gasteiger partial charge in [-0.05, 0) is 58.4 Å². The Kier molecular flexibility index (Phi) is 43.6. The van der Waals surface area contributed by atoms with E-state index in [-0.39, 0.29) is 119 Å². The van der Waals surface area contributed by atoms with E-state index in [4.69, 9.17) is 0 Å². The van der Waals surface area contributed by atoms with E-state index in [1.165, 1.54) is 97.6 Å². The third-order valence-corrected chi connectivity index (χ3v) is 7.99. The Hall–Kier alpha value is -7.55. The molecule has 0 saturated carbocycles. The number of hydrogen-bond donors (Lipinski definition) is 0. The van der Waals surface area contributed by atoms with Crippen molar-refractivity contribution in [1.82, 2.24) is 0 Å². The van der Waals surface area contributed by atoms with Gasteiger partial charge in [-0.1, -0.05) is 182 Å². The molecule has 2 heterocycles. The molecule has 0 saturated heterocycles. The van der Waals surface area contributed by atoms with Crippen molar-refractivity contribution in [3.05, 3.63) is 286 Å². The van der Waals surface area contributed by atoms with Gasteiger partial charge in [0.05, 0.1) is 35.8 Å². The molecule has 394 valence electrons. The summed E-state index contributed by atoms with van der Waals surface area (Å²) in [5, 5.41) is 81.2. The van der Waals surface area contributed by atoms with E-state index in [2.05, 4.69) is 0 Å². The maximum absolute atomic E-state index is 10.3. The Labute approximate surface area is 485 Å². The fraction of sp³-hybridized carbons (Fsp3) is 0.0370. The zero-order chi connectivity index (χ0) is 52.1. The van der Waals surface area contributed by atoms with Crippen LogP contribution in [0, 0.1) is 98.9 Å². The van der Waals surface area contributed by atoms with Crippen molar-refractivity contribution in [3.63, 3.8) is 0 Å². The van der Waals surface area contributed by atoms with Gasteiger partial charge in [-0.25, -0.2) is 0 Å². The molecule has 0 atom stereocenters. The molecule has 6 N–H and O–H groups in total. The molecule has 74 heavy (non-hydrogen) atoms. The smallest absolute Gasteiger partial charge is 0.619 e. The van der Waals surface area contributed by atoms with Gasteiger partial charge in [0.15, 0.2) is 24.8 Å². The SMILES string of the molecule is Cc1cc[n+]([O-])cc1.Cc1cc[n+]([O-])cc1.O=C([O-])c1ccccc1.O=C([O-])c1ccccc1.O=C([O-])c1ccccc1.O=C([O-])c1ccccc1.O=C([O-])c1ccccc1.O=C([O-])c1ccccc1.[Er+3].[Er+3].[OH3+].[OH3+]. The molecule has 0 spiro atoms. The quantitative estimate of drug-likeness (QED) is 0.117. The third-order valence-electron chi connectivity index (χ3n) is 7.99. The van der Waals surface area contributed by atoms with Gasteiger partial charge < -0.3 is 80.8 Å². The van der Waals surface area contributed by atoms with Crippen molar-refractivity contribution in [3.8, 4) is 0 Å². The molecule has 0 aliphatic rings. The molecular formula is C54H50Er2N2O16+2. The molecule has 2 aromatic heterocycles. The Morgan fingerprint density at radius 1 is 0.270 bits per heavy atom. The maximum Gasteiger partial charge on any atom is 3.00 e. The van der Waals surface area contributed by atoms with E-state index in [1.54, 1.807) is 133 Å². The van der Waals surface area contributed by atoms with E-state index in [1.807, 2.05) is 13.8 Å². The molecule has 0 amide bonds. The Morgan fingerprint density at radius 2 is 0.392 bits per heavy atom. The van der Waals surface area contributed by atoms with Crippen LogP contribution < -0.4 is 40.1 Å². The largest absolute Gasteiger partial charge is 3.00 e. The predicted octanol–water partition coefficient (Wildman–Crippen LogP) is -0.286. The van der Waals surface area contributed by atoms with Crippen LogP contribution in [0.2, 0.25) is 0 Å². The minimum atomic E-state index is -1.13. The van der Waals surface area contributed by atoms with E-state index >= 15 is 0 Å². The summed E-state index contributed by atoms with van der Waals surface area (Å²) in [7, 11) is 0. The van der Waals surface area contributed by atoms with Crippen LogP contribution in [0.4, 0.5) is 0 Å². The number of benzene rings is 6. The summed E-state index contributed by atoms with van der Waals surface area (Å²) in [6.07, 6.45) is 5.93. The molecule has 0 aliphatic carbocycles.